The molecule has 4 heteroatoms. The average Bonchev–Trinajstić information content (AvgIpc) is 2.24. The van der Waals surface area contributed by atoms with E-state index in [1.54, 1.807) is 0 Å². The van der Waals surface area contributed by atoms with Gasteiger partial charge in [-0.2, -0.15) is 11.8 Å². The third kappa shape index (κ3) is 4.07. The summed E-state index contributed by atoms with van der Waals surface area (Å²) < 4.78 is 0. The van der Waals surface area contributed by atoms with E-state index >= 15 is 0 Å². The summed E-state index contributed by atoms with van der Waals surface area (Å²) in [6, 6.07) is 1.96. The molecule has 1 aromatic rings. The van der Waals surface area contributed by atoms with Crippen LogP contribution < -0.4 is 5.32 Å². The van der Waals surface area contributed by atoms with E-state index in [-0.39, 0.29) is 0 Å². The molecule has 1 N–H and O–H groups in total. The van der Waals surface area contributed by atoms with Crippen LogP contribution in [0.3, 0.4) is 0 Å². The van der Waals surface area contributed by atoms with Gasteiger partial charge in [0, 0.05) is 12.7 Å². The number of rotatable bonds is 6. The molecule has 3 nitrogen and oxygen atoms in total. The molecule has 0 radical (unpaired) electrons. The summed E-state index contributed by atoms with van der Waals surface area (Å²) in [7, 11) is 0. The summed E-state index contributed by atoms with van der Waals surface area (Å²) in [5, 5.41) is 3.25. The number of nitrogens with zero attached hydrogens (tertiary/aromatic N) is 2. The van der Waals surface area contributed by atoms with Crippen LogP contribution in [0.25, 0.3) is 0 Å². The van der Waals surface area contributed by atoms with Crippen LogP contribution in [0.1, 0.15) is 25.4 Å². The lowest BCUT2D eigenvalue weighted by atomic mass is 10.4. The first-order valence-corrected chi connectivity index (χ1v) is 6.11. The van der Waals surface area contributed by atoms with Gasteiger partial charge in [0.05, 0.1) is 11.4 Å². The van der Waals surface area contributed by atoms with E-state index in [4.69, 9.17) is 0 Å². The molecule has 1 aromatic heterocycles. The second-order valence-electron chi connectivity index (χ2n) is 2.88. The van der Waals surface area contributed by atoms with Crippen molar-refractivity contribution in [2.24, 2.45) is 0 Å². The van der Waals surface area contributed by atoms with E-state index in [0.717, 1.165) is 36.1 Å². The van der Waals surface area contributed by atoms with Crippen molar-refractivity contribution in [3.05, 3.63) is 23.8 Å². The molecule has 0 saturated heterocycles. The minimum Gasteiger partial charge on any atom is -0.311 e. The van der Waals surface area contributed by atoms with Crippen molar-refractivity contribution in [3.8, 4) is 0 Å². The molecule has 1 rings (SSSR count). The molecule has 0 spiro atoms. The van der Waals surface area contributed by atoms with Crippen LogP contribution in [0.4, 0.5) is 0 Å². The number of nitrogens with one attached hydrogen (secondary N) is 1. The Morgan fingerprint density at radius 2 is 2.29 bits per heavy atom. The molecule has 0 aliphatic carbocycles. The fraction of sp³-hybridized carbons (Fsp3) is 0.600. The summed E-state index contributed by atoms with van der Waals surface area (Å²) in [5.74, 6) is 2.96. The monoisotopic (exact) mass is 211 g/mol. The van der Waals surface area contributed by atoms with Crippen LogP contribution >= 0.6 is 11.8 Å². The predicted molar refractivity (Wildman–Crippen MR) is 61.2 cm³/mol. The maximum absolute atomic E-state index is 4.45. The van der Waals surface area contributed by atoms with Crippen molar-refractivity contribution in [1.82, 2.24) is 15.3 Å². The molecule has 0 aliphatic heterocycles. The van der Waals surface area contributed by atoms with Crippen molar-refractivity contribution in [2.75, 3.05) is 12.3 Å². The average molecular weight is 211 g/mol. The van der Waals surface area contributed by atoms with E-state index in [2.05, 4.69) is 29.1 Å². The Balaban J connectivity index is 2.50. The van der Waals surface area contributed by atoms with E-state index in [9.17, 15) is 0 Å². The molecule has 0 fully saturated rings. The van der Waals surface area contributed by atoms with Crippen molar-refractivity contribution in [1.29, 1.82) is 0 Å². The van der Waals surface area contributed by atoms with Crippen LogP contribution in [0.2, 0.25) is 0 Å². The standard InChI is InChI=1S/C10H17N3S/c1-3-11-7-9-5-6-12-10(13-9)8-14-4-2/h5-6,11H,3-4,7-8H2,1-2H3. The smallest absolute Gasteiger partial charge is 0.138 e. The van der Waals surface area contributed by atoms with Gasteiger partial charge in [0.2, 0.25) is 0 Å². The predicted octanol–water partition coefficient (Wildman–Crippen LogP) is 1.84. The van der Waals surface area contributed by atoms with Crippen LogP contribution in [0, 0.1) is 0 Å². The highest BCUT2D eigenvalue weighted by atomic mass is 32.2. The zero-order valence-corrected chi connectivity index (χ0v) is 9.60. The molecule has 14 heavy (non-hydrogen) atoms. The van der Waals surface area contributed by atoms with Gasteiger partial charge in [-0.15, -0.1) is 0 Å². The van der Waals surface area contributed by atoms with Crippen molar-refractivity contribution >= 4 is 11.8 Å². The molecule has 78 valence electrons. The van der Waals surface area contributed by atoms with E-state index in [1.807, 2.05) is 24.0 Å². The molecule has 0 atom stereocenters. The molecule has 0 aliphatic rings. The highest BCUT2D eigenvalue weighted by Gasteiger charge is 1.98. The first-order valence-electron chi connectivity index (χ1n) is 4.96. The number of thioether (sulfide) groups is 1. The van der Waals surface area contributed by atoms with Gasteiger partial charge in [-0.05, 0) is 18.4 Å². The van der Waals surface area contributed by atoms with Gasteiger partial charge in [0.15, 0.2) is 0 Å². The molecule has 1 heterocycles. The van der Waals surface area contributed by atoms with Crippen LogP contribution in [0.15, 0.2) is 12.3 Å². The topological polar surface area (TPSA) is 37.8 Å². The van der Waals surface area contributed by atoms with Gasteiger partial charge in [0.1, 0.15) is 5.82 Å². The fourth-order valence-electron chi connectivity index (χ4n) is 1.06. The fourth-order valence-corrected chi connectivity index (χ4v) is 1.58. The second-order valence-corrected chi connectivity index (χ2v) is 4.16. The maximum atomic E-state index is 4.45. The van der Waals surface area contributed by atoms with Gasteiger partial charge in [-0.3, -0.25) is 0 Å². The molecule has 0 saturated carbocycles. The van der Waals surface area contributed by atoms with Crippen molar-refractivity contribution < 1.29 is 0 Å². The molecular weight excluding hydrogens is 194 g/mol. The first kappa shape index (κ1) is 11.5. The van der Waals surface area contributed by atoms with Gasteiger partial charge in [-0.1, -0.05) is 13.8 Å². The van der Waals surface area contributed by atoms with Gasteiger partial charge in [-0.25, -0.2) is 9.97 Å². The largest absolute Gasteiger partial charge is 0.311 e. The summed E-state index contributed by atoms with van der Waals surface area (Å²) in [6.45, 7) is 6.05. The third-order valence-electron chi connectivity index (χ3n) is 1.75. The number of hydrogen-bond acceptors (Lipinski definition) is 4. The Labute approximate surface area is 89.7 Å². The Hall–Kier alpha value is -0.610. The van der Waals surface area contributed by atoms with Crippen molar-refractivity contribution in [2.45, 2.75) is 26.1 Å². The van der Waals surface area contributed by atoms with E-state index in [1.165, 1.54) is 0 Å². The normalized spacial score (nSPS) is 10.4. The van der Waals surface area contributed by atoms with Gasteiger partial charge >= 0.3 is 0 Å². The maximum Gasteiger partial charge on any atom is 0.138 e. The first-order chi connectivity index (χ1) is 6.86. The number of aromatic nitrogens is 2. The molecule has 0 amide bonds. The Kier molecular flexibility index (Phi) is 5.56. The molecule has 0 unspecified atom stereocenters. The lowest BCUT2D eigenvalue weighted by Gasteiger charge is -2.03. The zero-order chi connectivity index (χ0) is 10.2. The minimum absolute atomic E-state index is 0.836. The summed E-state index contributed by atoms with van der Waals surface area (Å²) >= 11 is 1.85. The zero-order valence-electron chi connectivity index (χ0n) is 8.79. The lowest BCUT2D eigenvalue weighted by molar-refractivity contribution is 0.704. The summed E-state index contributed by atoms with van der Waals surface area (Å²) in [5.41, 5.74) is 1.08. The minimum atomic E-state index is 0.836. The molecule has 0 bridgehead atoms. The van der Waals surface area contributed by atoms with E-state index in [0.29, 0.717) is 0 Å². The SMILES string of the molecule is CCNCc1ccnc(CSCC)n1. The van der Waals surface area contributed by atoms with Gasteiger partial charge < -0.3 is 5.32 Å². The van der Waals surface area contributed by atoms with Crippen LogP contribution in [-0.4, -0.2) is 22.3 Å². The summed E-state index contributed by atoms with van der Waals surface area (Å²) in [4.78, 5) is 8.68. The van der Waals surface area contributed by atoms with Crippen LogP contribution in [0.5, 0.6) is 0 Å². The molecular formula is C10H17N3S. The quantitative estimate of drug-likeness (QED) is 0.779. The molecule has 0 aromatic carbocycles. The Morgan fingerprint density at radius 1 is 1.43 bits per heavy atom. The highest BCUT2D eigenvalue weighted by Crippen LogP contribution is 2.07. The Morgan fingerprint density at radius 3 is 3.00 bits per heavy atom. The summed E-state index contributed by atoms with van der Waals surface area (Å²) in [6.07, 6.45) is 1.84. The van der Waals surface area contributed by atoms with Crippen LogP contribution in [-0.2, 0) is 12.3 Å². The third-order valence-corrected chi connectivity index (χ3v) is 2.63. The Bertz CT molecular complexity index is 242. The van der Waals surface area contributed by atoms with E-state index < -0.39 is 0 Å². The lowest BCUT2D eigenvalue weighted by Crippen LogP contribution is -2.13. The van der Waals surface area contributed by atoms with Crippen molar-refractivity contribution in [3.63, 3.8) is 0 Å². The highest BCUT2D eigenvalue weighted by molar-refractivity contribution is 7.98. The number of hydrogen-bond donors (Lipinski definition) is 1. The van der Waals surface area contributed by atoms with Gasteiger partial charge in [0.25, 0.3) is 0 Å². The second kappa shape index (κ2) is 6.79.